The Morgan fingerprint density at radius 3 is 2.54 bits per heavy atom. The van der Waals surface area contributed by atoms with Gasteiger partial charge in [-0.3, -0.25) is 4.79 Å². The number of aryl methyl sites for hydroxylation is 1. The fourth-order valence-corrected chi connectivity index (χ4v) is 3.18. The van der Waals surface area contributed by atoms with Crippen molar-refractivity contribution < 1.29 is 9.53 Å². The van der Waals surface area contributed by atoms with Crippen LogP contribution in [0.15, 0.2) is 24.3 Å². The summed E-state index contributed by atoms with van der Waals surface area (Å²) in [4.78, 5) is 21.1. The highest BCUT2D eigenvalue weighted by Gasteiger charge is 2.18. The van der Waals surface area contributed by atoms with Crippen LogP contribution in [0.1, 0.15) is 29.6 Å². The molecule has 0 aliphatic carbocycles. The third-order valence-corrected chi connectivity index (χ3v) is 4.75. The van der Waals surface area contributed by atoms with Gasteiger partial charge in [-0.15, -0.1) is 5.10 Å². The number of rotatable bonds is 6. The lowest BCUT2D eigenvalue weighted by atomic mass is 10.1. The van der Waals surface area contributed by atoms with Crippen LogP contribution in [0.4, 0.5) is 5.95 Å². The minimum Gasteiger partial charge on any atom is -0.383 e. The lowest BCUT2D eigenvalue weighted by Gasteiger charge is -2.26. The zero-order valence-electron chi connectivity index (χ0n) is 15.8. The minimum atomic E-state index is -0.0171. The molecule has 0 radical (unpaired) electrons. The Morgan fingerprint density at radius 2 is 1.88 bits per heavy atom. The molecule has 0 spiro atoms. The summed E-state index contributed by atoms with van der Waals surface area (Å²) in [6.45, 7) is 3.16. The van der Waals surface area contributed by atoms with Gasteiger partial charge in [0.2, 0.25) is 5.95 Å². The standard InChI is InChI=1S/C19H27N5O2/c1-22(13-14-26-3)18(25)16-9-7-15(8-10-16)17-20-19(23(2)21-17)24-11-5-4-6-12-24/h7-10H,4-6,11-14H2,1-3H3. The largest absolute Gasteiger partial charge is 0.383 e. The number of likely N-dealkylation sites (N-methyl/N-ethyl adjacent to an activating group) is 1. The van der Waals surface area contributed by atoms with Gasteiger partial charge in [-0.25, -0.2) is 4.68 Å². The summed E-state index contributed by atoms with van der Waals surface area (Å²) in [5.41, 5.74) is 1.57. The molecule has 0 N–H and O–H groups in total. The van der Waals surface area contributed by atoms with Crippen LogP contribution in [0.25, 0.3) is 11.4 Å². The Balaban J connectivity index is 1.73. The van der Waals surface area contributed by atoms with Crippen LogP contribution in [0, 0.1) is 0 Å². The molecule has 7 heteroatoms. The highest BCUT2D eigenvalue weighted by molar-refractivity contribution is 5.94. The number of amides is 1. The molecular weight excluding hydrogens is 330 g/mol. The Kier molecular flexibility index (Phi) is 5.88. The summed E-state index contributed by atoms with van der Waals surface area (Å²) in [6.07, 6.45) is 3.70. The number of carbonyl (C=O) groups is 1. The fourth-order valence-electron chi connectivity index (χ4n) is 3.18. The maximum absolute atomic E-state index is 12.4. The van der Waals surface area contributed by atoms with Crippen LogP contribution in [0.3, 0.4) is 0 Å². The first-order chi connectivity index (χ1) is 12.6. The van der Waals surface area contributed by atoms with Gasteiger partial charge < -0.3 is 14.5 Å². The molecule has 1 aliphatic heterocycles. The molecule has 1 aliphatic rings. The number of ether oxygens (including phenoxy) is 1. The molecule has 26 heavy (non-hydrogen) atoms. The van der Waals surface area contributed by atoms with E-state index in [0.29, 0.717) is 24.5 Å². The quantitative estimate of drug-likeness (QED) is 0.793. The molecule has 1 fully saturated rings. The lowest BCUT2D eigenvalue weighted by molar-refractivity contribution is 0.0744. The normalized spacial score (nSPS) is 14.5. The predicted octanol–water partition coefficient (Wildman–Crippen LogP) is 2.19. The number of hydrogen-bond donors (Lipinski definition) is 0. The average Bonchev–Trinajstić information content (AvgIpc) is 3.08. The molecular formula is C19H27N5O2. The molecule has 1 amide bonds. The van der Waals surface area contributed by atoms with Gasteiger partial charge in [0.25, 0.3) is 5.91 Å². The molecule has 2 heterocycles. The molecule has 1 aromatic heterocycles. The summed E-state index contributed by atoms with van der Waals surface area (Å²) in [6, 6.07) is 7.48. The molecule has 2 aromatic rings. The topological polar surface area (TPSA) is 63.5 Å². The van der Waals surface area contributed by atoms with E-state index in [4.69, 9.17) is 9.72 Å². The highest BCUT2D eigenvalue weighted by Crippen LogP contribution is 2.22. The maximum atomic E-state index is 12.4. The molecule has 0 saturated carbocycles. The first-order valence-electron chi connectivity index (χ1n) is 9.11. The van der Waals surface area contributed by atoms with Gasteiger partial charge in [-0.1, -0.05) is 12.1 Å². The number of anilines is 1. The number of carbonyl (C=O) groups excluding carboxylic acids is 1. The fraction of sp³-hybridized carbons (Fsp3) is 0.526. The van der Waals surface area contributed by atoms with Crippen LogP contribution < -0.4 is 4.90 Å². The number of methoxy groups -OCH3 is 1. The van der Waals surface area contributed by atoms with Crippen molar-refractivity contribution >= 4 is 11.9 Å². The third-order valence-electron chi connectivity index (χ3n) is 4.75. The van der Waals surface area contributed by atoms with Crippen molar-refractivity contribution in [2.24, 2.45) is 7.05 Å². The Morgan fingerprint density at radius 1 is 1.19 bits per heavy atom. The summed E-state index contributed by atoms with van der Waals surface area (Å²) >= 11 is 0. The van der Waals surface area contributed by atoms with Crippen molar-refractivity contribution in [1.29, 1.82) is 0 Å². The molecule has 1 saturated heterocycles. The van der Waals surface area contributed by atoms with Crippen LogP contribution >= 0.6 is 0 Å². The maximum Gasteiger partial charge on any atom is 0.253 e. The molecule has 7 nitrogen and oxygen atoms in total. The first kappa shape index (κ1) is 18.4. The van der Waals surface area contributed by atoms with Crippen molar-refractivity contribution in [3.05, 3.63) is 29.8 Å². The van der Waals surface area contributed by atoms with Crippen LogP contribution in [0.5, 0.6) is 0 Å². The SMILES string of the molecule is COCCN(C)C(=O)c1ccc(-c2nc(N3CCCCC3)n(C)n2)cc1. The van der Waals surface area contributed by atoms with Gasteiger partial charge >= 0.3 is 0 Å². The molecule has 3 rings (SSSR count). The van der Waals surface area contributed by atoms with E-state index in [0.717, 1.165) is 24.6 Å². The number of aromatic nitrogens is 3. The van der Waals surface area contributed by atoms with E-state index in [2.05, 4.69) is 10.00 Å². The minimum absolute atomic E-state index is 0.0171. The van der Waals surface area contributed by atoms with Gasteiger partial charge in [-0.05, 0) is 31.4 Å². The predicted molar refractivity (Wildman–Crippen MR) is 101 cm³/mol. The Bertz CT molecular complexity index is 735. The van der Waals surface area contributed by atoms with Gasteiger partial charge in [0.1, 0.15) is 0 Å². The van der Waals surface area contributed by atoms with E-state index in [1.54, 1.807) is 19.1 Å². The first-order valence-corrected chi connectivity index (χ1v) is 9.11. The second-order valence-corrected chi connectivity index (χ2v) is 6.70. The zero-order valence-corrected chi connectivity index (χ0v) is 15.8. The van der Waals surface area contributed by atoms with E-state index >= 15 is 0 Å². The van der Waals surface area contributed by atoms with Gasteiger partial charge in [0.15, 0.2) is 5.82 Å². The summed E-state index contributed by atoms with van der Waals surface area (Å²) in [7, 11) is 5.34. The molecule has 1 aromatic carbocycles. The molecule has 0 unspecified atom stereocenters. The van der Waals surface area contributed by atoms with Crippen LogP contribution in [0.2, 0.25) is 0 Å². The van der Waals surface area contributed by atoms with E-state index in [9.17, 15) is 4.79 Å². The average molecular weight is 357 g/mol. The third kappa shape index (κ3) is 4.04. The lowest BCUT2D eigenvalue weighted by Crippen LogP contribution is -2.31. The van der Waals surface area contributed by atoms with Gasteiger partial charge in [0, 0.05) is 52.0 Å². The summed E-state index contributed by atoms with van der Waals surface area (Å²) in [5, 5.41) is 4.56. The number of nitrogens with zero attached hydrogens (tertiary/aromatic N) is 5. The zero-order chi connectivity index (χ0) is 18.5. The van der Waals surface area contributed by atoms with Crippen LogP contribution in [-0.2, 0) is 11.8 Å². The van der Waals surface area contributed by atoms with Crippen molar-refractivity contribution in [3.63, 3.8) is 0 Å². The van der Waals surface area contributed by atoms with E-state index in [1.807, 2.05) is 36.0 Å². The number of benzene rings is 1. The van der Waals surface area contributed by atoms with Crippen molar-refractivity contribution in [1.82, 2.24) is 19.7 Å². The van der Waals surface area contributed by atoms with Crippen molar-refractivity contribution in [2.75, 3.05) is 45.3 Å². The summed E-state index contributed by atoms with van der Waals surface area (Å²) < 4.78 is 6.87. The summed E-state index contributed by atoms with van der Waals surface area (Å²) in [5.74, 6) is 1.59. The van der Waals surface area contributed by atoms with E-state index in [1.165, 1.54) is 19.3 Å². The Labute approximate surface area is 154 Å². The van der Waals surface area contributed by atoms with Crippen molar-refractivity contribution in [2.45, 2.75) is 19.3 Å². The second kappa shape index (κ2) is 8.31. The Hall–Kier alpha value is -2.41. The van der Waals surface area contributed by atoms with E-state index in [-0.39, 0.29) is 5.91 Å². The second-order valence-electron chi connectivity index (χ2n) is 6.70. The number of piperidine rings is 1. The van der Waals surface area contributed by atoms with Crippen LogP contribution in [-0.4, -0.2) is 66.0 Å². The molecule has 0 atom stereocenters. The molecule has 140 valence electrons. The number of hydrogen-bond acceptors (Lipinski definition) is 5. The van der Waals surface area contributed by atoms with Gasteiger partial charge in [-0.2, -0.15) is 4.98 Å². The smallest absolute Gasteiger partial charge is 0.253 e. The van der Waals surface area contributed by atoms with Crippen molar-refractivity contribution in [3.8, 4) is 11.4 Å². The monoisotopic (exact) mass is 357 g/mol. The molecule has 0 bridgehead atoms. The van der Waals surface area contributed by atoms with Gasteiger partial charge in [0.05, 0.1) is 6.61 Å². The van der Waals surface area contributed by atoms with E-state index < -0.39 is 0 Å². The highest BCUT2D eigenvalue weighted by atomic mass is 16.5.